The second kappa shape index (κ2) is 8.15. The summed E-state index contributed by atoms with van der Waals surface area (Å²) in [5, 5.41) is 0.864. The fourth-order valence-electron chi connectivity index (χ4n) is 1.85. The van der Waals surface area contributed by atoms with Gasteiger partial charge >= 0.3 is 0 Å². The van der Waals surface area contributed by atoms with Gasteiger partial charge in [-0.3, -0.25) is 0 Å². The summed E-state index contributed by atoms with van der Waals surface area (Å²) in [6.07, 6.45) is 2.22. The molecule has 2 rings (SSSR count). The molecule has 2 aromatic carbocycles. The van der Waals surface area contributed by atoms with E-state index in [-0.39, 0.29) is 0 Å². The zero-order valence-corrected chi connectivity index (χ0v) is 15.0. The van der Waals surface area contributed by atoms with E-state index >= 15 is 0 Å². The molecule has 0 spiro atoms. The minimum absolute atomic E-state index is 0.864. The lowest BCUT2D eigenvalue weighted by atomic mass is 10.1. The van der Waals surface area contributed by atoms with Crippen molar-refractivity contribution >= 4 is 46.0 Å². The average molecular weight is 419 g/mol. The van der Waals surface area contributed by atoms with Crippen LogP contribution in [0.5, 0.6) is 5.75 Å². The molecule has 0 aromatic heterocycles. The van der Waals surface area contributed by atoms with Gasteiger partial charge in [-0.25, -0.2) is 0 Å². The van der Waals surface area contributed by atoms with Crippen LogP contribution in [0.1, 0.15) is 12.0 Å². The Morgan fingerprint density at radius 1 is 1.15 bits per heavy atom. The van der Waals surface area contributed by atoms with E-state index in [9.17, 15) is 0 Å². The SMILES string of the molecule is COc1cccc(Sc2ccc(CCCI)c(Cl)c2)c1. The Bertz CT molecular complexity index is 574. The van der Waals surface area contributed by atoms with Crippen molar-refractivity contribution < 1.29 is 4.74 Å². The standard InChI is InChI=1S/C16H16ClIOS/c1-19-13-5-2-6-14(10-13)20-15-8-7-12(4-3-9-18)16(17)11-15/h2,5-8,10-11H,3-4,9H2,1H3. The quantitative estimate of drug-likeness (QED) is 0.429. The van der Waals surface area contributed by atoms with Gasteiger partial charge in [-0.2, -0.15) is 0 Å². The summed E-state index contributed by atoms with van der Waals surface area (Å²) in [7, 11) is 1.68. The van der Waals surface area contributed by atoms with E-state index in [0.29, 0.717) is 0 Å². The first-order valence-electron chi connectivity index (χ1n) is 6.39. The van der Waals surface area contributed by atoms with Crippen molar-refractivity contribution in [1.29, 1.82) is 0 Å². The minimum Gasteiger partial charge on any atom is -0.497 e. The summed E-state index contributed by atoms with van der Waals surface area (Å²) in [6, 6.07) is 14.4. The van der Waals surface area contributed by atoms with Gasteiger partial charge in [-0.1, -0.05) is 58.1 Å². The third kappa shape index (κ3) is 4.57. The van der Waals surface area contributed by atoms with Crippen molar-refractivity contribution in [3.63, 3.8) is 0 Å². The van der Waals surface area contributed by atoms with Crippen LogP contribution in [0.3, 0.4) is 0 Å². The summed E-state index contributed by atoms with van der Waals surface area (Å²) < 4.78 is 6.40. The van der Waals surface area contributed by atoms with Gasteiger partial charge in [0.25, 0.3) is 0 Å². The highest BCUT2D eigenvalue weighted by atomic mass is 127. The molecule has 0 aliphatic rings. The molecule has 0 aliphatic carbocycles. The summed E-state index contributed by atoms with van der Waals surface area (Å²) in [5.74, 6) is 0.875. The zero-order valence-electron chi connectivity index (χ0n) is 11.2. The van der Waals surface area contributed by atoms with Gasteiger partial charge in [0.15, 0.2) is 0 Å². The number of hydrogen-bond acceptors (Lipinski definition) is 2. The molecule has 0 bridgehead atoms. The van der Waals surface area contributed by atoms with E-state index in [1.807, 2.05) is 24.3 Å². The van der Waals surface area contributed by atoms with Crippen LogP contribution in [-0.2, 0) is 6.42 Å². The second-order valence-corrected chi connectivity index (χ2v) is 6.96. The van der Waals surface area contributed by atoms with Gasteiger partial charge in [0, 0.05) is 14.8 Å². The van der Waals surface area contributed by atoms with Crippen LogP contribution in [0.2, 0.25) is 5.02 Å². The molecular weight excluding hydrogens is 403 g/mol. The highest BCUT2D eigenvalue weighted by Gasteiger charge is 2.04. The Morgan fingerprint density at radius 2 is 1.95 bits per heavy atom. The van der Waals surface area contributed by atoms with Gasteiger partial charge in [0.2, 0.25) is 0 Å². The van der Waals surface area contributed by atoms with E-state index in [0.717, 1.165) is 31.4 Å². The lowest BCUT2D eigenvalue weighted by molar-refractivity contribution is 0.413. The Labute approximate surface area is 143 Å². The van der Waals surface area contributed by atoms with Crippen LogP contribution in [0.4, 0.5) is 0 Å². The zero-order chi connectivity index (χ0) is 14.4. The molecule has 0 saturated carbocycles. The molecule has 20 heavy (non-hydrogen) atoms. The number of benzene rings is 2. The van der Waals surface area contributed by atoms with Crippen molar-refractivity contribution in [2.45, 2.75) is 22.6 Å². The molecule has 0 saturated heterocycles. The molecule has 0 heterocycles. The lowest BCUT2D eigenvalue weighted by Crippen LogP contribution is -1.88. The summed E-state index contributed by atoms with van der Waals surface area (Å²) >= 11 is 10.4. The fourth-order valence-corrected chi connectivity index (χ4v) is 3.48. The molecular formula is C16H16ClIOS. The highest BCUT2D eigenvalue weighted by molar-refractivity contribution is 14.1. The molecule has 0 radical (unpaired) electrons. The predicted molar refractivity (Wildman–Crippen MR) is 95.8 cm³/mol. The van der Waals surface area contributed by atoms with Gasteiger partial charge in [0.1, 0.15) is 5.75 Å². The fraction of sp³-hybridized carbons (Fsp3) is 0.250. The number of methoxy groups -OCH3 is 1. The second-order valence-electron chi connectivity index (χ2n) is 4.33. The molecule has 0 amide bonds. The van der Waals surface area contributed by atoms with Crippen molar-refractivity contribution in [2.24, 2.45) is 0 Å². The maximum atomic E-state index is 6.35. The van der Waals surface area contributed by atoms with Gasteiger partial charge in [0.05, 0.1) is 7.11 Å². The predicted octanol–water partition coefficient (Wildman–Crippen LogP) is 5.87. The largest absolute Gasteiger partial charge is 0.497 e. The molecule has 4 heteroatoms. The number of hydrogen-bond donors (Lipinski definition) is 0. The van der Waals surface area contributed by atoms with Crippen molar-refractivity contribution in [3.05, 3.63) is 53.1 Å². The molecule has 2 aromatic rings. The van der Waals surface area contributed by atoms with Crippen LogP contribution in [0, 0.1) is 0 Å². The lowest BCUT2D eigenvalue weighted by Gasteiger charge is -2.07. The van der Waals surface area contributed by atoms with Crippen molar-refractivity contribution in [2.75, 3.05) is 11.5 Å². The minimum atomic E-state index is 0.864. The topological polar surface area (TPSA) is 9.23 Å². The van der Waals surface area contributed by atoms with E-state index in [4.69, 9.17) is 16.3 Å². The highest BCUT2D eigenvalue weighted by Crippen LogP contribution is 2.32. The van der Waals surface area contributed by atoms with E-state index in [2.05, 4.69) is 40.8 Å². The third-order valence-corrected chi connectivity index (χ3v) is 4.98. The molecule has 0 atom stereocenters. The van der Waals surface area contributed by atoms with Crippen LogP contribution < -0.4 is 4.74 Å². The first kappa shape index (κ1) is 16.0. The Hall–Kier alpha value is -0.390. The molecule has 0 N–H and O–H groups in total. The van der Waals surface area contributed by atoms with Gasteiger partial charge in [-0.15, -0.1) is 0 Å². The van der Waals surface area contributed by atoms with Crippen molar-refractivity contribution in [3.8, 4) is 5.75 Å². The van der Waals surface area contributed by atoms with Crippen LogP contribution >= 0.6 is 46.0 Å². The van der Waals surface area contributed by atoms with Gasteiger partial charge < -0.3 is 4.74 Å². The maximum Gasteiger partial charge on any atom is 0.119 e. The number of rotatable bonds is 6. The normalized spacial score (nSPS) is 10.6. The number of halogens is 2. The molecule has 0 fully saturated rings. The van der Waals surface area contributed by atoms with Gasteiger partial charge in [-0.05, 0) is 53.2 Å². The van der Waals surface area contributed by atoms with E-state index in [1.165, 1.54) is 12.0 Å². The van der Waals surface area contributed by atoms with Crippen molar-refractivity contribution in [1.82, 2.24) is 0 Å². The molecule has 1 nitrogen and oxygen atoms in total. The van der Waals surface area contributed by atoms with Crippen LogP contribution in [0.15, 0.2) is 52.3 Å². The molecule has 0 aliphatic heterocycles. The number of ether oxygens (including phenoxy) is 1. The number of aryl methyl sites for hydroxylation is 1. The monoisotopic (exact) mass is 418 g/mol. The average Bonchev–Trinajstić information content (AvgIpc) is 2.47. The Kier molecular flexibility index (Phi) is 6.52. The third-order valence-electron chi connectivity index (χ3n) is 2.88. The molecule has 0 unspecified atom stereocenters. The van der Waals surface area contributed by atoms with Crippen LogP contribution in [-0.4, -0.2) is 11.5 Å². The van der Waals surface area contributed by atoms with Crippen LogP contribution in [0.25, 0.3) is 0 Å². The summed E-state index contributed by atoms with van der Waals surface area (Å²) in [4.78, 5) is 2.31. The summed E-state index contributed by atoms with van der Waals surface area (Å²) in [5.41, 5.74) is 1.23. The Balaban J connectivity index is 2.11. The smallest absolute Gasteiger partial charge is 0.119 e. The Morgan fingerprint density at radius 3 is 2.65 bits per heavy atom. The van der Waals surface area contributed by atoms with E-state index in [1.54, 1.807) is 18.9 Å². The first-order chi connectivity index (χ1) is 9.72. The van der Waals surface area contributed by atoms with E-state index < -0.39 is 0 Å². The maximum absolute atomic E-state index is 6.35. The first-order valence-corrected chi connectivity index (χ1v) is 9.11. The number of alkyl halides is 1. The molecule has 106 valence electrons. The summed E-state index contributed by atoms with van der Waals surface area (Å²) in [6.45, 7) is 0.